The molecule has 386 valence electrons. The van der Waals surface area contributed by atoms with E-state index in [0.717, 1.165) is 69.8 Å². The molecule has 0 saturated carbocycles. The van der Waals surface area contributed by atoms with Gasteiger partial charge in [0.2, 0.25) is 11.8 Å². The van der Waals surface area contributed by atoms with Crippen LogP contribution >= 0.6 is 0 Å². The van der Waals surface area contributed by atoms with Gasteiger partial charge in [-0.15, -0.1) is 0 Å². The minimum atomic E-state index is -2.50. The maximum Gasteiger partial charge on any atom is 0.324 e. The number of nitrogens with zero attached hydrogens (tertiary/aromatic N) is 4. The van der Waals surface area contributed by atoms with E-state index in [4.69, 9.17) is 14.1 Å². The molecule has 4 atom stereocenters. The lowest BCUT2D eigenvalue weighted by molar-refractivity contribution is -0.155. The molecule has 2 aromatic carbocycles. The highest BCUT2D eigenvalue weighted by Crippen LogP contribution is 2.45. The van der Waals surface area contributed by atoms with E-state index >= 15 is 4.79 Å². The maximum absolute atomic E-state index is 15.1. The van der Waals surface area contributed by atoms with Gasteiger partial charge < -0.3 is 29.3 Å². The molecule has 5 heterocycles. The third-order valence-corrected chi connectivity index (χ3v) is 21.5. The number of ether oxygens (including phenoxy) is 1. The zero-order chi connectivity index (χ0) is 51.7. The van der Waals surface area contributed by atoms with Crippen molar-refractivity contribution in [3.8, 4) is 28.1 Å². The molecule has 4 aromatic rings. The number of carbonyl (C=O) groups is 4. The number of pyridine rings is 1. The molecule has 2 fully saturated rings. The summed E-state index contributed by atoms with van der Waals surface area (Å²) in [7, 11) is -0.812. The third-order valence-electron chi connectivity index (χ3n) is 15.5. The zero-order valence-corrected chi connectivity index (χ0v) is 46.2. The number of hydrogen-bond donors (Lipinski definition) is 3. The predicted octanol–water partition coefficient (Wildman–Crippen LogP) is 9.95. The first-order valence-electron chi connectivity index (χ1n) is 26.6. The van der Waals surface area contributed by atoms with Crippen LogP contribution in [-0.4, -0.2) is 102 Å². The fraction of sp³-hybridized carbons (Fsp3) is 0.596. The van der Waals surface area contributed by atoms with Crippen molar-refractivity contribution >= 4 is 42.9 Å². The molecule has 0 aliphatic carbocycles. The highest BCUT2D eigenvalue weighted by molar-refractivity contribution is 6.78. The van der Waals surface area contributed by atoms with Gasteiger partial charge in [-0.05, 0) is 133 Å². The SMILES string of the molecule is CCn1c(-c2cccnc2C(C)C)c2c3cc(ccc31)-c1cc(cc(O[Si](C(C)C)(C(C)C)C(C)C)c1)C[C@H](NC(=O)[C@H](C(C)C)N(C)C(=O)[C@H]1CCCN1)C(=O)N1CCC[C@H](N1)C(=O)OCC(C)(C)C2. The van der Waals surface area contributed by atoms with Crippen LogP contribution in [0.25, 0.3) is 33.3 Å². The first-order valence-corrected chi connectivity index (χ1v) is 28.7. The van der Waals surface area contributed by atoms with E-state index in [-0.39, 0.29) is 42.7 Å². The molecule has 2 saturated heterocycles. The number of nitrogens with one attached hydrogen (secondary N) is 3. The Kier molecular flexibility index (Phi) is 16.6. The molecule has 3 aliphatic rings. The van der Waals surface area contributed by atoms with Crippen LogP contribution in [0.3, 0.4) is 0 Å². The number of hydrazine groups is 1. The second-order valence-corrected chi connectivity index (χ2v) is 28.4. The molecule has 3 amide bonds. The van der Waals surface area contributed by atoms with Crippen LogP contribution in [0.5, 0.6) is 5.75 Å². The van der Waals surface area contributed by atoms with E-state index in [1.807, 2.05) is 26.1 Å². The summed E-state index contributed by atoms with van der Waals surface area (Å²) in [6, 6.07) is 14.2. The number of cyclic esters (lactones) is 1. The number of hydrogen-bond acceptors (Lipinski definition) is 9. The number of esters is 1. The molecular weight excluding hydrogens is 907 g/mol. The van der Waals surface area contributed by atoms with Gasteiger partial charge in [-0.3, -0.25) is 29.2 Å². The van der Waals surface area contributed by atoms with E-state index in [1.54, 1.807) is 11.9 Å². The topological polar surface area (TPSA) is 147 Å². The van der Waals surface area contributed by atoms with Crippen LogP contribution < -0.4 is 20.5 Å². The van der Waals surface area contributed by atoms with Gasteiger partial charge in [0.15, 0.2) is 0 Å². The minimum Gasteiger partial charge on any atom is -0.543 e. The summed E-state index contributed by atoms with van der Waals surface area (Å²) in [5, 5.41) is 9.06. The number of aromatic nitrogens is 2. The molecule has 3 aliphatic heterocycles. The summed E-state index contributed by atoms with van der Waals surface area (Å²) in [6.45, 7) is 30.3. The Bertz CT molecular complexity index is 2560. The lowest BCUT2D eigenvalue weighted by Gasteiger charge is -2.42. The lowest BCUT2D eigenvalue weighted by Crippen LogP contribution is -2.62. The highest BCUT2D eigenvalue weighted by atomic mass is 28.4. The molecule has 13 nitrogen and oxygen atoms in total. The average molecular weight is 990 g/mol. The Morgan fingerprint density at radius 1 is 0.944 bits per heavy atom. The second kappa shape index (κ2) is 22.0. The van der Waals surface area contributed by atoms with Crippen molar-refractivity contribution in [2.24, 2.45) is 11.3 Å². The van der Waals surface area contributed by atoms with E-state index in [1.165, 1.54) is 10.6 Å². The third kappa shape index (κ3) is 11.1. The van der Waals surface area contributed by atoms with E-state index in [0.29, 0.717) is 48.9 Å². The number of carbonyl (C=O) groups excluding carboxylic acids is 4. The van der Waals surface area contributed by atoms with Gasteiger partial charge in [0, 0.05) is 54.6 Å². The van der Waals surface area contributed by atoms with Crippen LogP contribution in [0.15, 0.2) is 54.7 Å². The number of rotatable bonds is 13. The summed E-state index contributed by atoms with van der Waals surface area (Å²) in [5.74, 6) is -0.671. The van der Waals surface area contributed by atoms with Gasteiger partial charge in [0.1, 0.15) is 23.9 Å². The smallest absolute Gasteiger partial charge is 0.324 e. The van der Waals surface area contributed by atoms with Gasteiger partial charge in [0.25, 0.3) is 14.2 Å². The first-order chi connectivity index (χ1) is 33.6. The predicted molar refractivity (Wildman–Crippen MR) is 286 cm³/mol. The Balaban J connectivity index is 1.45. The number of likely N-dealkylation sites (N-methyl/N-ethyl adjacent to an activating group) is 1. The Morgan fingerprint density at radius 3 is 2.30 bits per heavy atom. The molecule has 3 N–H and O–H groups in total. The Labute approximate surface area is 424 Å². The zero-order valence-electron chi connectivity index (χ0n) is 45.2. The number of benzene rings is 2. The average Bonchev–Trinajstić information content (AvgIpc) is 3.97. The molecule has 6 bridgehead atoms. The fourth-order valence-corrected chi connectivity index (χ4v) is 17.4. The molecule has 0 unspecified atom stereocenters. The molecule has 71 heavy (non-hydrogen) atoms. The van der Waals surface area contributed by atoms with Crippen LogP contribution in [0, 0.1) is 11.3 Å². The van der Waals surface area contributed by atoms with Crippen LogP contribution in [0.1, 0.15) is 138 Å². The van der Waals surface area contributed by atoms with Crippen molar-refractivity contribution < 1.29 is 28.3 Å². The fourth-order valence-electron chi connectivity index (χ4n) is 12.2. The number of fused-ring (bicyclic) bond motifs is 6. The number of aryl methyl sites for hydroxylation is 1. The van der Waals surface area contributed by atoms with Crippen LogP contribution in [-0.2, 0) is 43.3 Å². The van der Waals surface area contributed by atoms with E-state index in [2.05, 4.69) is 139 Å². The standard InChI is InChI=1S/C57H83N7O6Si/c1-15-63-49-23-22-40-31-44(49)45(52(63)43-19-16-25-59-50(43)34(2)3)32-57(12,13)33-69-56(68)47-21-18-26-64(61-47)55(67)48(60-53(65)51(35(4)5)62(14)54(66)46-20-17-24-58-46)29-39-27-41(40)30-42(28-39)70-71(36(6)7,37(8)9)38(10)11/h16,19,22-23,25,27-28,30-31,34-38,46-48,51,58,61H,15,17-18,20-21,24,26,29,32-33H2,1-14H3,(H,60,65)/t46-,47+,48+,51+/m1/s1. The summed E-state index contributed by atoms with van der Waals surface area (Å²) in [6.07, 6.45) is 5.27. The molecule has 14 heteroatoms. The summed E-state index contributed by atoms with van der Waals surface area (Å²) in [4.78, 5) is 64.3. The summed E-state index contributed by atoms with van der Waals surface area (Å²) >= 11 is 0. The van der Waals surface area contributed by atoms with Crippen molar-refractivity contribution in [3.63, 3.8) is 0 Å². The monoisotopic (exact) mass is 990 g/mol. The molecular formula is C57H83N7O6Si. The van der Waals surface area contributed by atoms with Gasteiger partial charge >= 0.3 is 5.97 Å². The summed E-state index contributed by atoms with van der Waals surface area (Å²) in [5.41, 5.74) is 11.9. The van der Waals surface area contributed by atoms with Crippen molar-refractivity contribution in [1.29, 1.82) is 0 Å². The van der Waals surface area contributed by atoms with Crippen molar-refractivity contribution in [2.45, 2.75) is 182 Å². The second-order valence-electron chi connectivity index (χ2n) is 23.0. The number of amides is 3. The van der Waals surface area contributed by atoms with Crippen molar-refractivity contribution in [3.05, 3.63) is 71.5 Å². The van der Waals surface area contributed by atoms with Gasteiger partial charge in [-0.25, -0.2) is 5.43 Å². The largest absolute Gasteiger partial charge is 0.543 e. The minimum absolute atomic E-state index is 0.130. The van der Waals surface area contributed by atoms with E-state index < -0.39 is 43.7 Å². The van der Waals surface area contributed by atoms with Gasteiger partial charge in [-0.1, -0.05) is 95.2 Å². The lowest BCUT2D eigenvalue weighted by atomic mass is 9.83. The molecule has 7 rings (SSSR count). The normalized spacial score (nSPS) is 20.5. The van der Waals surface area contributed by atoms with Gasteiger partial charge in [0.05, 0.1) is 24.0 Å². The van der Waals surface area contributed by atoms with Crippen molar-refractivity contribution in [1.82, 2.24) is 35.5 Å². The molecule has 0 radical (unpaired) electrons. The molecule has 0 spiro atoms. The van der Waals surface area contributed by atoms with Crippen molar-refractivity contribution in [2.75, 3.05) is 26.7 Å². The first kappa shape index (κ1) is 53.7. The van der Waals surface area contributed by atoms with Crippen LogP contribution in [0.4, 0.5) is 0 Å². The van der Waals surface area contributed by atoms with E-state index in [9.17, 15) is 14.4 Å². The molecule has 2 aromatic heterocycles. The Hall–Kier alpha value is -5.05. The maximum atomic E-state index is 15.1. The van der Waals surface area contributed by atoms with Gasteiger partial charge in [-0.2, -0.15) is 0 Å². The quantitative estimate of drug-likeness (QED) is 0.0880. The van der Waals surface area contributed by atoms with Crippen LogP contribution in [0.2, 0.25) is 16.6 Å². The summed E-state index contributed by atoms with van der Waals surface area (Å²) < 4.78 is 16.1. The highest BCUT2D eigenvalue weighted by Gasteiger charge is 2.47. The Morgan fingerprint density at radius 2 is 1.66 bits per heavy atom.